The van der Waals surface area contributed by atoms with E-state index < -0.39 is 15.9 Å². The summed E-state index contributed by atoms with van der Waals surface area (Å²) in [6.07, 6.45) is 4.68. The molecule has 0 spiro atoms. The summed E-state index contributed by atoms with van der Waals surface area (Å²) in [5, 5.41) is 0. The van der Waals surface area contributed by atoms with Crippen LogP contribution < -0.4 is 9.46 Å². The van der Waals surface area contributed by atoms with Crippen molar-refractivity contribution in [3.63, 3.8) is 0 Å². The maximum Gasteiger partial charge on any atom is 0.285 e. The molecule has 0 radical (unpaired) electrons. The summed E-state index contributed by atoms with van der Waals surface area (Å²) in [4.78, 5) is 20.4. The van der Waals surface area contributed by atoms with Gasteiger partial charge in [0.1, 0.15) is 22.2 Å². The normalized spacial score (nSPS) is 11.2. The molecule has 0 saturated carbocycles. The lowest BCUT2D eigenvalue weighted by Crippen LogP contribution is -2.31. The van der Waals surface area contributed by atoms with Crippen molar-refractivity contribution >= 4 is 15.9 Å². The molecule has 3 rings (SSSR count). The van der Waals surface area contributed by atoms with Gasteiger partial charge < -0.3 is 9.30 Å². The van der Waals surface area contributed by atoms with Crippen LogP contribution in [0, 0.1) is 0 Å². The van der Waals surface area contributed by atoms with Gasteiger partial charge in [0.05, 0.1) is 7.11 Å². The van der Waals surface area contributed by atoms with Crippen molar-refractivity contribution in [3.05, 3.63) is 60.7 Å². The SMILES string of the molecule is COc1ccccc1S(=O)(=O)NC(=O)c1cn(C)c(-c2ccncc2)n1. The molecule has 8 nitrogen and oxygen atoms in total. The summed E-state index contributed by atoms with van der Waals surface area (Å²) in [6.45, 7) is 0. The van der Waals surface area contributed by atoms with E-state index in [1.807, 2.05) is 4.72 Å². The van der Waals surface area contributed by atoms with Crippen molar-refractivity contribution in [1.29, 1.82) is 0 Å². The highest BCUT2D eigenvalue weighted by Crippen LogP contribution is 2.23. The average molecular weight is 372 g/mol. The first kappa shape index (κ1) is 17.6. The van der Waals surface area contributed by atoms with Crippen LogP contribution in [0.25, 0.3) is 11.4 Å². The van der Waals surface area contributed by atoms with Crippen LogP contribution in [-0.4, -0.2) is 36.0 Å². The molecule has 0 aliphatic carbocycles. The molecule has 0 aliphatic heterocycles. The molecule has 0 aliphatic rings. The van der Waals surface area contributed by atoms with Gasteiger partial charge in [-0.25, -0.2) is 18.1 Å². The van der Waals surface area contributed by atoms with E-state index >= 15 is 0 Å². The fourth-order valence-corrected chi connectivity index (χ4v) is 3.55. The number of para-hydroxylation sites is 1. The Hall–Kier alpha value is -3.20. The molecular weight excluding hydrogens is 356 g/mol. The summed E-state index contributed by atoms with van der Waals surface area (Å²) in [5.74, 6) is -0.162. The van der Waals surface area contributed by atoms with Gasteiger partial charge in [-0.3, -0.25) is 9.78 Å². The summed E-state index contributed by atoms with van der Waals surface area (Å²) in [6, 6.07) is 9.53. The molecule has 0 bridgehead atoms. The Labute approximate surface area is 150 Å². The second kappa shape index (κ2) is 6.96. The molecule has 2 aromatic heterocycles. The third kappa shape index (κ3) is 3.42. The summed E-state index contributed by atoms with van der Waals surface area (Å²) in [5.41, 5.74) is 0.743. The van der Waals surface area contributed by atoms with Gasteiger partial charge in [-0.15, -0.1) is 0 Å². The smallest absolute Gasteiger partial charge is 0.285 e. The van der Waals surface area contributed by atoms with Crippen molar-refractivity contribution < 1.29 is 17.9 Å². The van der Waals surface area contributed by atoms with Gasteiger partial charge >= 0.3 is 0 Å². The topological polar surface area (TPSA) is 103 Å². The Morgan fingerprint density at radius 2 is 1.85 bits per heavy atom. The van der Waals surface area contributed by atoms with Gasteiger partial charge in [0, 0.05) is 31.2 Å². The lowest BCUT2D eigenvalue weighted by molar-refractivity contribution is 0.0977. The number of aryl methyl sites for hydroxylation is 1. The zero-order valence-electron chi connectivity index (χ0n) is 14.1. The fraction of sp³-hybridized carbons (Fsp3) is 0.118. The van der Waals surface area contributed by atoms with Crippen LogP contribution in [0.15, 0.2) is 59.9 Å². The number of imidazole rings is 1. The first-order chi connectivity index (χ1) is 12.4. The van der Waals surface area contributed by atoms with E-state index in [1.165, 1.54) is 25.4 Å². The van der Waals surface area contributed by atoms with Gasteiger partial charge in [0.25, 0.3) is 15.9 Å². The van der Waals surface area contributed by atoms with E-state index in [4.69, 9.17) is 4.74 Å². The predicted molar refractivity (Wildman–Crippen MR) is 94.1 cm³/mol. The number of hydrogen-bond acceptors (Lipinski definition) is 6. The fourth-order valence-electron chi connectivity index (χ4n) is 2.42. The minimum Gasteiger partial charge on any atom is -0.495 e. The van der Waals surface area contributed by atoms with E-state index in [0.29, 0.717) is 5.82 Å². The van der Waals surface area contributed by atoms with Crippen molar-refractivity contribution in [2.45, 2.75) is 4.90 Å². The molecule has 26 heavy (non-hydrogen) atoms. The number of benzene rings is 1. The standard InChI is InChI=1S/C17H16N4O4S/c1-21-11-13(19-16(21)12-7-9-18-10-8-12)17(22)20-26(23,24)15-6-4-3-5-14(15)25-2/h3-11H,1-2H3,(H,20,22). The number of rotatable bonds is 5. The number of amides is 1. The molecule has 1 aromatic carbocycles. The Morgan fingerprint density at radius 3 is 2.54 bits per heavy atom. The number of pyridine rings is 1. The lowest BCUT2D eigenvalue weighted by atomic mass is 10.2. The third-order valence-corrected chi connectivity index (χ3v) is 5.00. The molecule has 0 saturated heterocycles. The maximum atomic E-state index is 12.5. The average Bonchev–Trinajstić information content (AvgIpc) is 3.04. The first-order valence-corrected chi connectivity index (χ1v) is 9.04. The zero-order chi connectivity index (χ0) is 18.7. The number of hydrogen-bond donors (Lipinski definition) is 1. The Kier molecular flexibility index (Phi) is 4.72. The molecule has 0 unspecified atom stereocenters. The molecule has 2 heterocycles. The van der Waals surface area contributed by atoms with Crippen LogP contribution in [0.4, 0.5) is 0 Å². The largest absolute Gasteiger partial charge is 0.495 e. The highest BCUT2D eigenvalue weighted by molar-refractivity contribution is 7.90. The molecule has 1 N–H and O–H groups in total. The van der Waals surface area contributed by atoms with Crippen LogP contribution in [-0.2, 0) is 17.1 Å². The number of carbonyl (C=O) groups excluding carboxylic acids is 1. The number of carbonyl (C=O) groups is 1. The second-order valence-electron chi connectivity index (χ2n) is 5.38. The van der Waals surface area contributed by atoms with Crippen LogP contribution >= 0.6 is 0 Å². The predicted octanol–water partition coefficient (Wildman–Crippen LogP) is 1.61. The van der Waals surface area contributed by atoms with Gasteiger partial charge in [-0.2, -0.15) is 0 Å². The van der Waals surface area contributed by atoms with Gasteiger partial charge in [-0.1, -0.05) is 12.1 Å². The Balaban J connectivity index is 1.89. The number of ether oxygens (including phenoxy) is 1. The molecule has 1 amide bonds. The number of nitrogens with zero attached hydrogens (tertiary/aromatic N) is 3. The Bertz CT molecular complexity index is 1050. The van der Waals surface area contributed by atoms with Crippen LogP contribution in [0.2, 0.25) is 0 Å². The number of aromatic nitrogens is 3. The summed E-state index contributed by atoms with van der Waals surface area (Å²) < 4.78 is 33.7. The molecule has 0 fully saturated rings. The summed E-state index contributed by atoms with van der Waals surface area (Å²) >= 11 is 0. The van der Waals surface area contributed by atoms with Gasteiger partial charge in [0.15, 0.2) is 0 Å². The molecular formula is C17H16N4O4S. The van der Waals surface area contributed by atoms with Gasteiger partial charge in [0.2, 0.25) is 0 Å². The van der Waals surface area contributed by atoms with Crippen molar-refractivity contribution in [2.75, 3.05) is 7.11 Å². The second-order valence-corrected chi connectivity index (χ2v) is 7.03. The van der Waals surface area contributed by atoms with Crippen molar-refractivity contribution in [3.8, 4) is 17.1 Å². The number of methoxy groups -OCH3 is 1. The van der Waals surface area contributed by atoms with Crippen LogP contribution in [0.3, 0.4) is 0 Å². The van der Waals surface area contributed by atoms with Crippen molar-refractivity contribution in [1.82, 2.24) is 19.3 Å². The van der Waals surface area contributed by atoms with Crippen LogP contribution in [0.1, 0.15) is 10.5 Å². The highest BCUT2D eigenvalue weighted by Gasteiger charge is 2.24. The van der Waals surface area contributed by atoms with E-state index in [0.717, 1.165) is 5.56 Å². The Morgan fingerprint density at radius 1 is 1.15 bits per heavy atom. The monoisotopic (exact) mass is 372 g/mol. The van der Waals surface area contributed by atoms with E-state index in [1.54, 1.807) is 48.3 Å². The van der Waals surface area contributed by atoms with Gasteiger partial charge in [-0.05, 0) is 24.3 Å². The zero-order valence-corrected chi connectivity index (χ0v) is 14.9. The molecule has 0 atom stereocenters. The van der Waals surface area contributed by atoms with Crippen molar-refractivity contribution in [2.24, 2.45) is 7.05 Å². The van der Waals surface area contributed by atoms with E-state index in [2.05, 4.69) is 9.97 Å². The minimum atomic E-state index is -4.10. The number of sulfonamides is 1. The third-order valence-electron chi connectivity index (χ3n) is 3.63. The number of nitrogens with one attached hydrogen (secondary N) is 1. The van der Waals surface area contributed by atoms with Crippen LogP contribution in [0.5, 0.6) is 5.75 Å². The molecule has 134 valence electrons. The van der Waals surface area contributed by atoms with E-state index in [-0.39, 0.29) is 16.3 Å². The minimum absolute atomic E-state index is 0.0159. The maximum absolute atomic E-state index is 12.5. The molecule has 3 aromatic rings. The summed E-state index contributed by atoms with van der Waals surface area (Å²) in [7, 11) is -1.03. The highest BCUT2D eigenvalue weighted by atomic mass is 32.2. The quantitative estimate of drug-likeness (QED) is 0.730. The molecule has 9 heteroatoms. The van der Waals surface area contributed by atoms with E-state index in [9.17, 15) is 13.2 Å². The lowest BCUT2D eigenvalue weighted by Gasteiger charge is -2.09. The first-order valence-electron chi connectivity index (χ1n) is 7.56.